The van der Waals surface area contributed by atoms with E-state index in [-0.39, 0.29) is 12.6 Å². The molecule has 78 valence electrons. The van der Waals surface area contributed by atoms with Crippen molar-refractivity contribution in [3.05, 3.63) is 0 Å². The van der Waals surface area contributed by atoms with Gasteiger partial charge in [-0.05, 0) is 11.6 Å². The van der Waals surface area contributed by atoms with Gasteiger partial charge in [-0.15, -0.1) is 0 Å². The first-order valence-electron chi connectivity index (χ1n) is 4.63. The zero-order chi connectivity index (χ0) is 9.97. The maximum absolute atomic E-state index is 8.89. The van der Waals surface area contributed by atoms with Gasteiger partial charge in [0.15, 0.2) is 0 Å². The smallest absolute Gasteiger partial charge is 0.148 e. The molecule has 0 aliphatic carbocycles. The van der Waals surface area contributed by atoms with Crippen LogP contribution < -0.4 is 5.43 Å². The molecule has 0 aromatic heterocycles. The number of rotatable bonds is 1. The van der Waals surface area contributed by atoms with E-state index in [2.05, 4.69) is 21.0 Å². The van der Waals surface area contributed by atoms with Crippen LogP contribution in [-0.4, -0.2) is 47.3 Å². The number of hydrogen-bond donors (Lipinski definition) is 2. The molecular formula is C7H14N6O. The van der Waals surface area contributed by atoms with Crippen molar-refractivity contribution in [3.8, 4) is 0 Å². The summed E-state index contributed by atoms with van der Waals surface area (Å²) in [6.07, 6.45) is 1.70. The Morgan fingerprint density at radius 3 is 2.93 bits per heavy atom. The third kappa shape index (κ3) is 1.77. The number of hydrazone groups is 1. The highest BCUT2D eigenvalue weighted by Gasteiger charge is 2.22. The van der Waals surface area contributed by atoms with Crippen LogP contribution in [0.1, 0.15) is 12.8 Å². The van der Waals surface area contributed by atoms with Crippen LogP contribution in [0.5, 0.6) is 0 Å². The molecule has 0 radical (unpaired) electrons. The monoisotopic (exact) mass is 198 g/mol. The fourth-order valence-electron chi connectivity index (χ4n) is 1.41. The Kier molecular flexibility index (Phi) is 2.49. The number of aliphatic hydroxyl groups excluding tert-OH is 1. The molecule has 2 N–H and O–H groups in total. The van der Waals surface area contributed by atoms with Gasteiger partial charge in [0.05, 0.1) is 12.6 Å². The van der Waals surface area contributed by atoms with Crippen molar-refractivity contribution >= 4 is 5.84 Å². The lowest BCUT2D eigenvalue weighted by Crippen LogP contribution is -2.39. The van der Waals surface area contributed by atoms with E-state index in [1.165, 1.54) is 0 Å². The zero-order valence-corrected chi connectivity index (χ0v) is 8.09. The Morgan fingerprint density at radius 1 is 1.57 bits per heavy atom. The molecule has 7 heteroatoms. The van der Waals surface area contributed by atoms with Gasteiger partial charge in [-0.25, -0.2) is 5.01 Å². The molecule has 2 rings (SSSR count). The molecule has 0 aromatic carbocycles. The third-order valence-corrected chi connectivity index (χ3v) is 2.25. The van der Waals surface area contributed by atoms with Crippen molar-refractivity contribution in [1.82, 2.24) is 15.4 Å². The average Bonchev–Trinajstić information content (AvgIpc) is 2.65. The molecule has 0 aromatic rings. The first-order valence-corrected chi connectivity index (χ1v) is 4.63. The van der Waals surface area contributed by atoms with E-state index in [0.29, 0.717) is 6.67 Å². The van der Waals surface area contributed by atoms with Gasteiger partial charge >= 0.3 is 0 Å². The van der Waals surface area contributed by atoms with Gasteiger partial charge in [0.1, 0.15) is 12.5 Å². The number of amidine groups is 1. The van der Waals surface area contributed by atoms with Crippen LogP contribution in [0.4, 0.5) is 0 Å². The maximum atomic E-state index is 8.89. The molecule has 2 aliphatic heterocycles. The van der Waals surface area contributed by atoms with Gasteiger partial charge in [-0.2, -0.15) is 5.10 Å². The molecule has 1 unspecified atom stereocenters. The van der Waals surface area contributed by atoms with Crippen molar-refractivity contribution in [2.24, 2.45) is 15.5 Å². The second-order valence-electron chi connectivity index (χ2n) is 3.45. The van der Waals surface area contributed by atoms with Crippen molar-refractivity contribution in [1.29, 1.82) is 0 Å². The van der Waals surface area contributed by atoms with E-state index in [4.69, 9.17) is 5.11 Å². The average molecular weight is 198 g/mol. The summed E-state index contributed by atoms with van der Waals surface area (Å²) in [5.41, 5.74) is 2.89. The summed E-state index contributed by atoms with van der Waals surface area (Å²) < 4.78 is 0. The topological polar surface area (TPSA) is 75.8 Å². The molecule has 2 heterocycles. The molecule has 0 fully saturated rings. The highest BCUT2D eigenvalue weighted by molar-refractivity contribution is 5.82. The largest absolute Gasteiger partial charge is 0.394 e. The summed E-state index contributed by atoms with van der Waals surface area (Å²) in [4.78, 5) is 0. The number of nitrogens with one attached hydrogen (secondary N) is 1. The molecule has 0 saturated heterocycles. The summed E-state index contributed by atoms with van der Waals surface area (Å²) in [5, 5.41) is 24.3. The number of nitrogens with zero attached hydrogens (tertiary/aromatic N) is 5. The van der Waals surface area contributed by atoms with Gasteiger partial charge in [0.2, 0.25) is 0 Å². The van der Waals surface area contributed by atoms with Crippen LogP contribution in [0.15, 0.2) is 15.5 Å². The second-order valence-corrected chi connectivity index (χ2v) is 3.45. The fraction of sp³-hybridized carbons (Fsp3) is 0.857. The lowest BCUT2D eigenvalue weighted by atomic mass is 10.1. The molecule has 1 atom stereocenters. The van der Waals surface area contributed by atoms with Crippen LogP contribution in [-0.2, 0) is 0 Å². The highest BCUT2D eigenvalue weighted by atomic mass is 16.3. The third-order valence-electron chi connectivity index (χ3n) is 2.25. The van der Waals surface area contributed by atoms with Crippen molar-refractivity contribution in [3.63, 3.8) is 0 Å². The lowest BCUT2D eigenvalue weighted by molar-refractivity contribution is 0.229. The van der Waals surface area contributed by atoms with E-state index in [9.17, 15) is 0 Å². The Labute approximate surface area is 82.0 Å². The minimum Gasteiger partial charge on any atom is -0.394 e. The molecule has 14 heavy (non-hydrogen) atoms. The molecule has 0 amide bonds. The normalized spacial score (nSPS) is 26.4. The summed E-state index contributed by atoms with van der Waals surface area (Å²) in [5.74, 6) is 0.878. The Bertz CT molecular complexity index is 265. The van der Waals surface area contributed by atoms with Crippen molar-refractivity contribution < 1.29 is 5.11 Å². The highest BCUT2D eigenvalue weighted by Crippen LogP contribution is 2.13. The summed E-state index contributed by atoms with van der Waals surface area (Å²) >= 11 is 0. The van der Waals surface area contributed by atoms with E-state index in [1.807, 2.05) is 7.05 Å². The molecular weight excluding hydrogens is 184 g/mol. The van der Waals surface area contributed by atoms with Crippen molar-refractivity contribution in [2.75, 3.05) is 20.3 Å². The van der Waals surface area contributed by atoms with Gasteiger partial charge in [0, 0.05) is 13.5 Å². The summed E-state index contributed by atoms with van der Waals surface area (Å²) in [6.45, 7) is 0.766. The van der Waals surface area contributed by atoms with E-state index in [1.54, 1.807) is 10.0 Å². The van der Waals surface area contributed by atoms with Gasteiger partial charge in [-0.3, -0.25) is 5.01 Å². The van der Waals surface area contributed by atoms with E-state index >= 15 is 0 Å². The number of hydrogen-bond acceptors (Lipinski definition) is 7. The predicted octanol–water partition coefficient (Wildman–Crippen LogP) is -0.469. The minimum absolute atomic E-state index is 0.0796. The Balaban J connectivity index is 1.94. The quantitative estimate of drug-likeness (QED) is 0.597. The molecule has 0 saturated carbocycles. The molecule has 7 nitrogen and oxygen atoms in total. The van der Waals surface area contributed by atoms with Crippen molar-refractivity contribution in [2.45, 2.75) is 18.9 Å². The zero-order valence-electron chi connectivity index (χ0n) is 8.09. The molecule has 0 bridgehead atoms. The SMILES string of the molecule is CN1CN(C2=NNC(CO)CC2)N=N1. The standard InChI is InChI=1S/C7H14N6O/c1-12-5-13(11-10-12)7-3-2-6(4-14)8-9-7/h6,8,14H,2-5H2,1H3. The van der Waals surface area contributed by atoms with Crippen LogP contribution in [0, 0.1) is 0 Å². The van der Waals surface area contributed by atoms with Gasteiger partial charge in [-0.1, -0.05) is 5.22 Å². The van der Waals surface area contributed by atoms with Crippen LogP contribution in [0.3, 0.4) is 0 Å². The first kappa shape index (κ1) is 9.20. The van der Waals surface area contributed by atoms with Gasteiger partial charge in [0.25, 0.3) is 0 Å². The van der Waals surface area contributed by atoms with Crippen LogP contribution >= 0.6 is 0 Å². The fourth-order valence-corrected chi connectivity index (χ4v) is 1.41. The summed E-state index contributed by atoms with van der Waals surface area (Å²) in [6, 6.07) is 0.0796. The second kappa shape index (κ2) is 3.79. The van der Waals surface area contributed by atoms with Crippen LogP contribution in [0.25, 0.3) is 0 Å². The maximum Gasteiger partial charge on any atom is 0.148 e. The van der Waals surface area contributed by atoms with E-state index < -0.39 is 0 Å². The minimum atomic E-state index is 0.0796. The first-order chi connectivity index (χ1) is 6.79. The van der Waals surface area contributed by atoms with Gasteiger partial charge < -0.3 is 10.5 Å². The van der Waals surface area contributed by atoms with E-state index in [0.717, 1.165) is 18.7 Å². The Hall–Kier alpha value is -1.37. The molecule has 2 aliphatic rings. The summed E-state index contributed by atoms with van der Waals surface area (Å²) in [7, 11) is 1.86. The molecule has 0 spiro atoms. The predicted molar refractivity (Wildman–Crippen MR) is 50.0 cm³/mol. The Morgan fingerprint density at radius 2 is 2.43 bits per heavy atom. The number of aliphatic hydroxyl groups is 1. The lowest BCUT2D eigenvalue weighted by Gasteiger charge is -2.24. The van der Waals surface area contributed by atoms with Crippen LogP contribution in [0.2, 0.25) is 0 Å².